The van der Waals surface area contributed by atoms with Gasteiger partial charge in [-0.3, -0.25) is 4.90 Å². The molecule has 0 bridgehead atoms. The molecule has 1 saturated heterocycles. The largest absolute Gasteiger partial charge is 0.369 e. The fourth-order valence-electron chi connectivity index (χ4n) is 3.07. The molecule has 3 rings (SSSR count). The van der Waals surface area contributed by atoms with Gasteiger partial charge in [-0.05, 0) is 30.2 Å². The average Bonchev–Trinajstić information content (AvgIpc) is 2.57. The van der Waals surface area contributed by atoms with Crippen LogP contribution in [0.1, 0.15) is 17.2 Å². The fourth-order valence-corrected chi connectivity index (χ4v) is 3.07. The number of nitriles is 1. The first-order chi connectivity index (χ1) is 10.8. The summed E-state index contributed by atoms with van der Waals surface area (Å²) < 4.78 is 0. The Morgan fingerprint density at radius 3 is 2.32 bits per heavy atom. The van der Waals surface area contributed by atoms with Crippen molar-refractivity contribution in [2.45, 2.75) is 13.0 Å². The van der Waals surface area contributed by atoms with Gasteiger partial charge in [0.05, 0.1) is 6.07 Å². The number of nitrogens with zero attached hydrogens (tertiary/aromatic N) is 3. The van der Waals surface area contributed by atoms with Crippen molar-refractivity contribution < 1.29 is 0 Å². The van der Waals surface area contributed by atoms with Gasteiger partial charge in [-0.15, -0.1) is 0 Å². The summed E-state index contributed by atoms with van der Waals surface area (Å²) in [7, 11) is 0. The zero-order valence-corrected chi connectivity index (χ0v) is 12.9. The molecule has 2 aromatic carbocycles. The van der Waals surface area contributed by atoms with Crippen LogP contribution in [0.25, 0.3) is 0 Å². The minimum Gasteiger partial charge on any atom is -0.369 e. The lowest BCUT2D eigenvalue weighted by Crippen LogP contribution is -2.47. The molecule has 0 spiro atoms. The maximum atomic E-state index is 9.55. The molecular formula is C19H21N3. The molecule has 0 amide bonds. The van der Waals surface area contributed by atoms with E-state index in [0.29, 0.717) is 0 Å². The number of hydrogen-bond acceptors (Lipinski definition) is 3. The maximum absolute atomic E-state index is 9.55. The number of benzene rings is 2. The van der Waals surface area contributed by atoms with E-state index in [1.165, 1.54) is 11.3 Å². The summed E-state index contributed by atoms with van der Waals surface area (Å²) in [4.78, 5) is 4.69. The standard InChI is InChI=1S/C19H21N3/c1-16-6-5-9-18(14-16)21-10-12-22(13-11-21)19(15-20)17-7-3-2-4-8-17/h2-9,14,19H,10-13H2,1H3. The third-order valence-corrected chi connectivity index (χ3v) is 4.28. The molecule has 2 aromatic rings. The van der Waals surface area contributed by atoms with E-state index in [9.17, 15) is 5.26 Å². The fraction of sp³-hybridized carbons (Fsp3) is 0.316. The first-order valence-corrected chi connectivity index (χ1v) is 7.78. The van der Waals surface area contributed by atoms with Gasteiger partial charge in [0.15, 0.2) is 0 Å². The van der Waals surface area contributed by atoms with Gasteiger partial charge in [0.25, 0.3) is 0 Å². The van der Waals surface area contributed by atoms with Crippen LogP contribution in [0.15, 0.2) is 54.6 Å². The highest BCUT2D eigenvalue weighted by molar-refractivity contribution is 5.48. The molecule has 1 heterocycles. The van der Waals surface area contributed by atoms with Crippen molar-refractivity contribution in [3.8, 4) is 6.07 Å². The molecule has 0 N–H and O–H groups in total. The van der Waals surface area contributed by atoms with E-state index in [2.05, 4.69) is 47.1 Å². The van der Waals surface area contributed by atoms with Crippen LogP contribution in [-0.2, 0) is 0 Å². The second-order valence-electron chi connectivity index (χ2n) is 5.80. The Labute approximate surface area is 132 Å². The van der Waals surface area contributed by atoms with Crippen LogP contribution in [0.4, 0.5) is 5.69 Å². The Morgan fingerprint density at radius 1 is 0.955 bits per heavy atom. The molecule has 1 fully saturated rings. The zero-order chi connectivity index (χ0) is 15.4. The summed E-state index contributed by atoms with van der Waals surface area (Å²) in [5.74, 6) is 0. The topological polar surface area (TPSA) is 30.3 Å². The third-order valence-electron chi connectivity index (χ3n) is 4.28. The van der Waals surface area contributed by atoms with Crippen LogP contribution in [-0.4, -0.2) is 31.1 Å². The third kappa shape index (κ3) is 3.13. The molecule has 3 nitrogen and oxygen atoms in total. The monoisotopic (exact) mass is 291 g/mol. The predicted octanol–water partition coefficient (Wildman–Crippen LogP) is 3.38. The van der Waals surface area contributed by atoms with Crippen LogP contribution in [0.3, 0.4) is 0 Å². The number of aryl methyl sites for hydroxylation is 1. The van der Waals surface area contributed by atoms with Crippen LogP contribution in [0.5, 0.6) is 0 Å². The van der Waals surface area contributed by atoms with Gasteiger partial charge >= 0.3 is 0 Å². The van der Waals surface area contributed by atoms with Crippen molar-refractivity contribution in [2.75, 3.05) is 31.1 Å². The normalized spacial score (nSPS) is 17.0. The van der Waals surface area contributed by atoms with Crippen LogP contribution >= 0.6 is 0 Å². The smallest absolute Gasteiger partial charge is 0.123 e. The van der Waals surface area contributed by atoms with Crippen molar-refractivity contribution in [1.82, 2.24) is 4.90 Å². The second-order valence-corrected chi connectivity index (χ2v) is 5.80. The molecule has 1 aliphatic rings. The predicted molar refractivity (Wildman–Crippen MR) is 89.8 cm³/mol. The van der Waals surface area contributed by atoms with E-state index in [1.807, 2.05) is 30.3 Å². The van der Waals surface area contributed by atoms with Crippen LogP contribution in [0, 0.1) is 18.3 Å². The van der Waals surface area contributed by atoms with Gasteiger partial charge in [0, 0.05) is 31.9 Å². The molecule has 0 aromatic heterocycles. The van der Waals surface area contributed by atoms with Crippen molar-refractivity contribution in [3.63, 3.8) is 0 Å². The number of piperazine rings is 1. The first-order valence-electron chi connectivity index (χ1n) is 7.78. The molecule has 1 atom stereocenters. The molecule has 0 saturated carbocycles. The summed E-state index contributed by atoms with van der Waals surface area (Å²) in [5.41, 5.74) is 3.67. The highest BCUT2D eigenvalue weighted by Gasteiger charge is 2.24. The summed E-state index contributed by atoms with van der Waals surface area (Å²) in [6.07, 6.45) is 0. The summed E-state index contributed by atoms with van der Waals surface area (Å²) in [6, 6.07) is 21.0. The number of hydrogen-bond donors (Lipinski definition) is 0. The summed E-state index contributed by atoms with van der Waals surface area (Å²) in [5, 5.41) is 9.55. The Balaban J connectivity index is 1.67. The lowest BCUT2D eigenvalue weighted by atomic mass is 10.1. The molecule has 22 heavy (non-hydrogen) atoms. The average molecular weight is 291 g/mol. The quantitative estimate of drug-likeness (QED) is 0.868. The SMILES string of the molecule is Cc1cccc(N2CCN(C(C#N)c3ccccc3)CC2)c1. The van der Waals surface area contributed by atoms with E-state index >= 15 is 0 Å². The maximum Gasteiger partial charge on any atom is 0.123 e. The minimum absolute atomic E-state index is 0.138. The van der Waals surface area contributed by atoms with Crippen molar-refractivity contribution in [2.24, 2.45) is 0 Å². The van der Waals surface area contributed by atoms with E-state index in [0.717, 1.165) is 31.7 Å². The lowest BCUT2D eigenvalue weighted by molar-refractivity contribution is 0.222. The molecule has 3 heteroatoms. The van der Waals surface area contributed by atoms with Gasteiger partial charge in [-0.2, -0.15) is 5.26 Å². The molecule has 1 unspecified atom stereocenters. The van der Waals surface area contributed by atoms with Crippen molar-refractivity contribution in [1.29, 1.82) is 5.26 Å². The minimum atomic E-state index is -0.138. The highest BCUT2D eigenvalue weighted by Crippen LogP contribution is 2.24. The molecule has 112 valence electrons. The Morgan fingerprint density at radius 2 is 1.68 bits per heavy atom. The van der Waals surface area contributed by atoms with Crippen molar-refractivity contribution >= 4 is 5.69 Å². The molecular weight excluding hydrogens is 270 g/mol. The van der Waals surface area contributed by atoms with Gasteiger partial charge in [-0.25, -0.2) is 0 Å². The second kappa shape index (κ2) is 6.64. The Kier molecular flexibility index (Phi) is 4.41. The lowest BCUT2D eigenvalue weighted by Gasteiger charge is -2.38. The highest BCUT2D eigenvalue weighted by atomic mass is 15.3. The first kappa shape index (κ1) is 14.6. The summed E-state index contributed by atoms with van der Waals surface area (Å²) in [6.45, 7) is 5.89. The van der Waals surface area contributed by atoms with Crippen LogP contribution in [0.2, 0.25) is 0 Å². The van der Waals surface area contributed by atoms with E-state index < -0.39 is 0 Å². The van der Waals surface area contributed by atoms with Crippen LogP contribution < -0.4 is 4.90 Å². The van der Waals surface area contributed by atoms with Gasteiger partial charge < -0.3 is 4.90 Å². The van der Waals surface area contributed by atoms with E-state index in [-0.39, 0.29) is 6.04 Å². The van der Waals surface area contributed by atoms with E-state index in [4.69, 9.17) is 0 Å². The van der Waals surface area contributed by atoms with Crippen molar-refractivity contribution in [3.05, 3.63) is 65.7 Å². The molecule has 0 aliphatic carbocycles. The Bertz CT molecular complexity index is 652. The van der Waals surface area contributed by atoms with Gasteiger partial charge in [-0.1, -0.05) is 42.5 Å². The molecule has 0 radical (unpaired) electrons. The number of anilines is 1. The van der Waals surface area contributed by atoms with Gasteiger partial charge in [0.1, 0.15) is 6.04 Å². The summed E-state index contributed by atoms with van der Waals surface area (Å²) >= 11 is 0. The zero-order valence-electron chi connectivity index (χ0n) is 12.9. The van der Waals surface area contributed by atoms with Gasteiger partial charge in [0.2, 0.25) is 0 Å². The number of rotatable bonds is 3. The Hall–Kier alpha value is -2.31. The molecule has 1 aliphatic heterocycles. The van der Waals surface area contributed by atoms with E-state index in [1.54, 1.807) is 0 Å².